The van der Waals surface area contributed by atoms with Crippen LogP contribution in [0.4, 0.5) is 0 Å². The highest BCUT2D eigenvalue weighted by molar-refractivity contribution is 5.76. The number of hydrogen-bond acceptors (Lipinski definition) is 5. The standard InChI is InChI=1S/C86H163NO5/c1-3-5-7-9-11-13-15-17-19-21-22-44-47-50-54-58-62-66-70-74-78-84(89)83(82-88)87-85(90)79-75-71-67-63-59-55-51-48-45-42-40-38-36-34-32-30-28-26-24-23-25-27-29-31-33-35-37-39-41-43-46-49-53-57-61-65-69-73-77-81-92-86(91)80-76-72-68-64-60-56-52-20-18-16-14-12-10-8-6-4-2/h14,16,20,23-24,27,29,52,83-84,88-89H,3-13,15,17-19,21-22,25-26,28,30-51,53-82H2,1-2H3,(H,87,90)/b16-14-,24-23-,29-27-,52-20-. The van der Waals surface area contributed by atoms with Gasteiger partial charge in [-0.15, -0.1) is 0 Å². The first kappa shape index (κ1) is 89.8. The van der Waals surface area contributed by atoms with Gasteiger partial charge in [-0.25, -0.2) is 0 Å². The summed E-state index contributed by atoms with van der Waals surface area (Å²) in [4.78, 5) is 24.7. The Labute approximate surface area is 576 Å². The quantitative estimate of drug-likeness (QED) is 0.0320. The molecule has 0 heterocycles. The lowest BCUT2D eigenvalue weighted by Gasteiger charge is -2.22. The number of hydrogen-bond donors (Lipinski definition) is 3. The first-order valence-electron chi connectivity index (χ1n) is 41.9. The second-order valence-corrected chi connectivity index (χ2v) is 28.8. The molecule has 0 aliphatic carbocycles. The lowest BCUT2D eigenvalue weighted by Crippen LogP contribution is -2.45. The van der Waals surface area contributed by atoms with Crippen molar-refractivity contribution in [3.05, 3.63) is 48.6 Å². The molecular weight excluding hydrogens is 1130 g/mol. The van der Waals surface area contributed by atoms with Crippen molar-refractivity contribution in [3.8, 4) is 0 Å². The van der Waals surface area contributed by atoms with Gasteiger partial charge >= 0.3 is 5.97 Å². The Morgan fingerprint density at radius 3 is 0.837 bits per heavy atom. The molecule has 0 bridgehead atoms. The summed E-state index contributed by atoms with van der Waals surface area (Å²) in [5.74, 6) is -0.0198. The average molecular weight is 1290 g/mol. The van der Waals surface area contributed by atoms with Gasteiger partial charge in [0.1, 0.15) is 0 Å². The third kappa shape index (κ3) is 76.8. The number of esters is 1. The smallest absolute Gasteiger partial charge is 0.305 e. The Morgan fingerprint density at radius 1 is 0.304 bits per heavy atom. The molecule has 0 radical (unpaired) electrons. The minimum Gasteiger partial charge on any atom is -0.466 e. The average Bonchev–Trinajstić information content (AvgIpc) is 3.57. The van der Waals surface area contributed by atoms with Crippen molar-refractivity contribution in [1.29, 1.82) is 0 Å². The van der Waals surface area contributed by atoms with Crippen molar-refractivity contribution in [3.63, 3.8) is 0 Å². The molecule has 0 aliphatic heterocycles. The van der Waals surface area contributed by atoms with Gasteiger partial charge in [-0.05, 0) is 89.9 Å². The Bertz CT molecular complexity index is 1540. The molecule has 3 N–H and O–H groups in total. The fourth-order valence-corrected chi connectivity index (χ4v) is 13.2. The number of carbonyl (C=O) groups excluding carboxylic acids is 2. The fourth-order valence-electron chi connectivity index (χ4n) is 13.2. The minimum atomic E-state index is -0.664. The lowest BCUT2D eigenvalue weighted by molar-refractivity contribution is -0.143. The van der Waals surface area contributed by atoms with E-state index >= 15 is 0 Å². The topological polar surface area (TPSA) is 95.9 Å². The molecule has 0 saturated heterocycles. The zero-order valence-corrected chi connectivity index (χ0v) is 62.3. The molecule has 0 spiro atoms. The van der Waals surface area contributed by atoms with E-state index in [1.807, 2.05) is 0 Å². The van der Waals surface area contributed by atoms with E-state index < -0.39 is 12.1 Å². The van der Waals surface area contributed by atoms with E-state index in [4.69, 9.17) is 4.74 Å². The van der Waals surface area contributed by atoms with Crippen LogP contribution >= 0.6 is 0 Å². The van der Waals surface area contributed by atoms with Crippen molar-refractivity contribution in [2.24, 2.45) is 0 Å². The van der Waals surface area contributed by atoms with Crippen molar-refractivity contribution in [1.82, 2.24) is 5.32 Å². The highest BCUT2D eigenvalue weighted by atomic mass is 16.5. The van der Waals surface area contributed by atoms with Crippen LogP contribution in [0.2, 0.25) is 0 Å². The first-order valence-corrected chi connectivity index (χ1v) is 41.9. The fraction of sp³-hybridized carbons (Fsp3) is 0.884. The molecule has 0 aromatic rings. The molecular formula is C86H163NO5. The summed E-state index contributed by atoms with van der Waals surface area (Å²) < 4.78 is 5.50. The Balaban J connectivity index is 3.36. The molecule has 6 nitrogen and oxygen atoms in total. The summed E-state index contributed by atoms with van der Waals surface area (Å²) in [6.07, 6.45) is 108. The largest absolute Gasteiger partial charge is 0.466 e. The summed E-state index contributed by atoms with van der Waals surface area (Å²) >= 11 is 0. The van der Waals surface area contributed by atoms with Crippen molar-refractivity contribution >= 4 is 11.9 Å². The van der Waals surface area contributed by atoms with Gasteiger partial charge in [-0.2, -0.15) is 0 Å². The molecule has 542 valence electrons. The van der Waals surface area contributed by atoms with Gasteiger partial charge in [0.25, 0.3) is 0 Å². The second-order valence-electron chi connectivity index (χ2n) is 28.8. The maximum absolute atomic E-state index is 12.6. The van der Waals surface area contributed by atoms with Gasteiger partial charge in [-0.1, -0.05) is 409 Å². The number of allylic oxidation sites excluding steroid dienone is 8. The summed E-state index contributed by atoms with van der Waals surface area (Å²) in [7, 11) is 0. The number of nitrogens with one attached hydrogen (secondary N) is 1. The molecule has 92 heavy (non-hydrogen) atoms. The maximum atomic E-state index is 12.6. The molecule has 1 amide bonds. The number of aliphatic hydroxyl groups is 2. The zero-order chi connectivity index (χ0) is 66.3. The Kier molecular flexibility index (Phi) is 79.3. The van der Waals surface area contributed by atoms with E-state index in [1.165, 1.54) is 372 Å². The predicted octanol–water partition coefficient (Wildman–Crippen LogP) is 27.9. The van der Waals surface area contributed by atoms with Crippen LogP contribution in [0, 0.1) is 0 Å². The lowest BCUT2D eigenvalue weighted by atomic mass is 10.0. The maximum Gasteiger partial charge on any atom is 0.305 e. The molecule has 0 aromatic heterocycles. The monoisotopic (exact) mass is 1290 g/mol. The van der Waals surface area contributed by atoms with Crippen LogP contribution in [0.5, 0.6) is 0 Å². The third-order valence-electron chi connectivity index (χ3n) is 19.6. The molecule has 0 fully saturated rings. The zero-order valence-electron chi connectivity index (χ0n) is 62.3. The molecule has 2 atom stereocenters. The van der Waals surface area contributed by atoms with Crippen LogP contribution in [0.15, 0.2) is 48.6 Å². The number of unbranched alkanes of at least 4 members (excludes halogenated alkanes) is 60. The SMILES string of the molecule is CCCCCC/C=C\C/C=C\CCCCCCCC(=O)OCCCCCCCCCCCCCCCCC/C=C\C/C=C\CCCCCCCCCCCCCCCCCCCC(=O)NC(CO)C(O)CCCCCCCCCCCCCCCCCCCCCC. The highest BCUT2D eigenvalue weighted by Gasteiger charge is 2.20. The Morgan fingerprint density at radius 2 is 0.543 bits per heavy atom. The van der Waals surface area contributed by atoms with Crippen LogP contribution in [-0.4, -0.2) is 47.4 Å². The summed E-state index contributed by atoms with van der Waals surface area (Å²) in [6, 6.07) is -0.540. The van der Waals surface area contributed by atoms with E-state index in [0.717, 1.165) is 57.8 Å². The van der Waals surface area contributed by atoms with Gasteiger partial charge in [0.2, 0.25) is 5.91 Å². The van der Waals surface area contributed by atoms with Gasteiger partial charge in [-0.3, -0.25) is 9.59 Å². The van der Waals surface area contributed by atoms with E-state index in [-0.39, 0.29) is 18.5 Å². The van der Waals surface area contributed by atoms with E-state index in [2.05, 4.69) is 67.8 Å². The number of carbonyl (C=O) groups is 2. The van der Waals surface area contributed by atoms with Crippen molar-refractivity contribution < 1.29 is 24.5 Å². The van der Waals surface area contributed by atoms with Crippen LogP contribution in [0.3, 0.4) is 0 Å². The molecule has 0 aliphatic rings. The molecule has 2 unspecified atom stereocenters. The third-order valence-corrected chi connectivity index (χ3v) is 19.6. The van der Waals surface area contributed by atoms with Crippen LogP contribution in [-0.2, 0) is 14.3 Å². The van der Waals surface area contributed by atoms with Crippen LogP contribution in [0.1, 0.15) is 463 Å². The van der Waals surface area contributed by atoms with Crippen LogP contribution < -0.4 is 5.32 Å². The molecule has 0 aromatic carbocycles. The second kappa shape index (κ2) is 81.2. The first-order chi connectivity index (χ1) is 45.5. The number of aliphatic hydroxyl groups excluding tert-OH is 2. The van der Waals surface area contributed by atoms with Gasteiger partial charge in [0.05, 0.1) is 25.4 Å². The van der Waals surface area contributed by atoms with Crippen molar-refractivity contribution in [2.45, 2.75) is 475 Å². The summed E-state index contributed by atoms with van der Waals surface area (Å²) in [5, 5.41) is 23.5. The van der Waals surface area contributed by atoms with Gasteiger partial charge in [0.15, 0.2) is 0 Å². The summed E-state index contributed by atoms with van der Waals surface area (Å²) in [5.41, 5.74) is 0. The highest BCUT2D eigenvalue weighted by Crippen LogP contribution is 2.20. The van der Waals surface area contributed by atoms with E-state index in [9.17, 15) is 19.8 Å². The van der Waals surface area contributed by atoms with Crippen LogP contribution in [0.25, 0.3) is 0 Å². The minimum absolute atomic E-state index is 0.00733. The number of ether oxygens (including phenoxy) is 1. The molecule has 6 heteroatoms. The number of amides is 1. The summed E-state index contributed by atoms with van der Waals surface area (Å²) in [6.45, 7) is 4.98. The Hall–Kier alpha value is -2.18. The normalized spacial score (nSPS) is 12.7. The van der Waals surface area contributed by atoms with Crippen molar-refractivity contribution in [2.75, 3.05) is 13.2 Å². The van der Waals surface area contributed by atoms with E-state index in [0.29, 0.717) is 25.9 Å². The van der Waals surface area contributed by atoms with Gasteiger partial charge in [0, 0.05) is 12.8 Å². The predicted molar refractivity (Wildman–Crippen MR) is 407 cm³/mol. The molecule has 0 rings (SSSR count). The van der Waals surface area contributed by atoms with Gasteiger partial charge < -0.3 is 20.3 Å². The molecule has 0 saturated carbocycles. The van der Waals surface area contributed by atoms with E-state index in [1.54, 1.807) is 0 Å². The number of rotatable bonds is 79.